The summed E-state index contributed by atoms with van der Waals surface area (Å²) in [7, 11) is 2.99. The fourth-order valence-electron chi connectivity index (χ4n) is 1.29. The van der Waals surface area contributed by atoms with Crippen LogP contribution in [-0.4, -0.2) is 29.3 Å². The third kappa shape index (κ3) is 1.78. The van der Waals surface area contributed by atoms with Gasteiger partial charge in [0.05, 0.1) is 7.11 Å². The van der Waals surface area contributed by atoms with E-state index in [0.29, 0.717) is 11.4 Å². The van der Waals surface area contributed by atoms with Gasteiger partial charge in [-0.1, -0.05) is 0 Å². The lowest BCUT2D eigenvalue weighted by atomic mass is 10.2. The Hall–Kier alpha value is -1.33. The summed E-state index contributed by atoms with van der Waals surface area (Å²) in [6.07, 6.45) is -0.751. The lowest BCUT2D eigenvalue weighted by molar-refractivity contribution is 0.0588. The van der Waals surface area contributed by atoms with E-state index in [1.54, 1.807) is 23.7 Å². The molecule has 0 saturated heterocycles. The van der Waals surface area contributed by atoms with E-state index in [-0.39, 0.29) is 6.54 Å². The molecule has 5 heteroatoms. The van der Waals surface area contributed by atoms with Crippen molar-refractivity contribution in [1.82, 2.24) is 4.57 Å². The van der Waals surface area contributed by atoms with Crippen LogP contribution in [0.4, 0.5) is 0 Å². The van der Waals surface area contributed by atoms with Crippen LogP contribution in [0.3, 0.4) is 0 Å². The van der Waals surface area contributed by atoms with E-state index in [0.717, 1.165) is 0 Å². The number of nitrogens with zero attached hydrogens (tertiary/aromatic N) is 1. The molecule has 0 amide bonds. The molecule has 14 heavy (non-hydrogen) atoms. The van der Waals surface area contributed by atoms with Crippen molar-refractivity contribution in [3.63, 3.8) is 0 Å². The normalized spacial score (nSPS) is 12.6. The van der Waals surface area contributed by atoms with Crippen LogP contribution < -0.4 is 5.73 Å². The molecule has 0 bridgehead atoms. The Labute approximate surface area is 82.1 Å². The highest BCUT2D eigenvalue weighted by Gasteiger charge is 2.16. The average molecular weight is 198 g/mol. The summed E-state index contributed by atoms with van der Waals surface area (Å²) >= 11 is 0. The number of hydrogen-bond acceptors (Lipinski definition) is 4. The lowest BCUT2D eigenvalue weighted by Crippen LogP contribution is -2.16. The smallest absolute Gasteiger partial charge is 0.354 e. The van der Waals surface area contributed by atoms with E-state index < -0.39 is 12.1 Å². The molecule has 0 aliphatic heterocycles. The summed E-state index contributed by atoms with van der Waals surface area (Å²) in [5.41, 5.74) is 6.31. The van der Waals surface area contributed by atoms with Gasteiger partial charge in [-0.3, -0.25) is 0 Å². The van der Waals surface area contributed by atoms with Crippen molar-refractivity contribution in [1.29, 1.82) is 0 Å². The Kier molecular flexibility index (Phi) is 3.27. The number of ether oxygens (including phenoxy) is 1. The van der Waals surface area contributed by atoms with E-state index in [1.807, 2.05) is 0 Å². The van der Waals surface area contributed by atoms with Gasteiger partial charge in [0.1, 0.15) is 11.8 Å². The highest BCUT2D eigenvalue weighted by Crippen LogP contribution is 2.15. The summed E-state index contributed by atoms with van der Waals surface area (Å²) in [4.78, 5) is 11.2. The summed E-state index contributed by atoms with van der Waals surface area (Å²) in [6, 6.07) is 3.25. The summed E-state index contributed by atoms with van der Waals surface area (Å²) in [6.45, 7) is 0.123. The first-order valence-electron chi connectivity index (χ1n) is 4.23. The van der Waals surface area contributed by atoms with Crippen LogP contribution in [0, 0.1) is 0 Å². The van der Waals surface area contributed by atoms with Crippen LogP contribution in [0.25, 0.3) is 0 Å². The van der Waals surface area contributed by atoms with Gasteiger partial charge < -0.3 is 20.1 Å². The molecule has 1 aromatic rings. The number of aliphatic hydroxyl groups excluding tert-OH is 1. The minimum atomic E-state index is -0.751. The molecular weight excluding hydrogens is 184 g/mol. The van der Waals surface area contributed by atoms with Crippen LogP contribution in [0.1, 0.15) is 22.3 Å². The van der Waals surface area contributed by atoms with Crippen LogP contribution in [-0.2, 0) is 11.8 Å². The molecule has 1 rings (SSSR count). The molecule has 1 aromatic heterocycles. The van der Waals surface area contributed by atoms with Gasteiger partial charge in [-0.2, -0.15) is 0 Å². The fourth-order valence-corrected chi connectivity index (χ4v) is 1.29. The van der Waals surface area contributed by atoms with Crippen molar-refractivity contribution < 1.29 is 14.6 Å². The third-order valence-electron chi connectivity index (χ3n) is 2.12. The molecule has 0 saturated carbocycles. The zero-order valence-electron chi connectivity index (χ0n) is 8.23. The molecule has 0 aromatic carbocycles. The number of aromatic nitrogens is 1. The van der Waals surface area contributed by atoms with Crippen LogP contribution in [0.15, 0.2) is 12.1 Å². The van der Waals surface area contributed by atoms with Crippen LogP contribution in [0.2, 0.25) is 0 Å². The Morgan fingerprint density at radius 3 is 2.86 bits per heavy atom. The Bertz CT molecular complexity index is 333. The van der Waals surface area contributed by atoms with Crippen molar-refractivity contribution in [2.45, 2.75) is 6.10 Å². The van der Waals surface area contributed by atoms with Gasteiger partial charge in [0, 0.05) is 19.3 Å². The number of esters is 1. The molecular formula is C9H14N2O3. The minimum absolute atomic E-state index is 0.123. The topological polar surface area (TPSA) is 77.5 Å². The van der Waals surface area contributed by atoms with Crippen molar-refractivity contribution in [2.75, 3.05) is 13.7 Å². The molecule has 1 atom stereocenters. The second kappa shape index (κ2) is 4.26. The predicted molar refractivity (Wildman–Crippen MR) is 50.8 cm³/mol. The Morgan fingerprint density at radius 1 is 1.71 bits per heavy atom. The van der Waals surface area contributed by atoms with Crippen LogP contribution in [0.5, 0.6) is 0 Å². The molecule has 0 radical (unpaired) electrons. The number of carbonyl (C=O) groups excluding carboxylic acids is 1. The Balaban J connectivity index is 3.02. The number of methoxy groups -OCH3 is 1. The SMILES string of the molecule is COC(=O)c1ccc([C@@H](O)CN)n1C. The lowest BCUT2D eigenvalue weighted by Gasteiger charge is -2.10. The van der Waals surface area contributed by atoms with Gasteiger partial charge in [0.15, 0.2) is 0 Å². The summed E-state index contributed by atoms with van der Waals surface area (Å²) in [5.74, 6) is -0.428. The zero-order chi connectivity index (χ0) is 10.7. The van der Waals surface area contributed by atoms with Gasteiger partial charge >= 0.3 is 5.97 Å². The van der Waals surface area contributed by atoms with E-state index >= 15 is 0 Å². The van der Waals surface area contributed by atoms with Gasteiger partial charge in [-0.25, -0.2) is 4.79 Å². The number of nitrogens with two attached hydrogens (primary N) is 1. The fraction of sp³-hybridized carbons (Fsp3) is 0.444. The van der Waals surface area contributed by atoms with E-state index in [1.165, 1.54) is 7.11 Å². The first kappa shape index (κ1) is 10.7. The van der Waals surface area contributed by atoms with Gasteiger partial charge in [0.25, 0.3) is 0 Å². The predicted octanol–water partition coefficient (Wildman–Crippen LogP) is -0.196. The van der Waals surface area contributed by atoms with Gasteiger partial charge in [-0.05, 0) is 12.1 Å². The zero-order valence-corrected chi connectivity index (χ0v) is 8.23. The number of rotatable bonds is 3. The van der Waals surface area contributed by atoms with Gasteiger partial charge in [0.2, 0.25) is 0 Å². The third-order valence-corrected chi connectivity index (χ3v) is 2.12. The second-order valence-electron chi connectivity index (χ2n) is 2.95. The quantitative estimate of drug-likeness (QED) is 0.659. The highest BCUT2D eigenvalue weighted by molar-refractivity contribution is 5.87. The van der Waals surface area contributed by atoms with Gasteiger partial charge in [-0.15, -0.1) is 0 Å². The molecule has 0 aliphatic carbocycles. The maximum absolute atomic E-state index is 11.2. The molecule has 5 nitrogen and oxygen atoms in total. The molecule has 0 aliphatic rings. The molecule has 78 valence electrons. The average Bonchev–Trinajstić information content (AvgIpc) is 2.58. The molecule has 0 spiro atoms. The Morgan fingerprint density at radius 2 is 2.36 bits per heavy atom. The van der Waals surface area contributed by atoms with E-state index in [9.17, 15) is 9.90 Å². The van der Waals surface area contributed by atoms with Crippen molar-refractivity contribution in [3.05, 3.63) is 23.5 Å². The van der Waals surface area contributed by atoms with Crippen molar-refractivity contribution in [2.24, 2.45) is 12.8 Å². The standard InChI is InChI=1S/C9H14N2O3/c1-11-6(8(12)5-10)3-4-7(11)9(13)14-2/h3-4,8,12H,5,10H2,1-2H3/t8-/m0/s1. The number of carbonyl (C=O) groups is 1. The molecule has 3 N–H and O–H groups in total. The first-order valence-corrected chi connectivity index (χ1v) is 4.23. The maximum atomic E-state index is 11.2. The highest BCUT2D eigenvalue weighted by atomic mass is 16.5. The van der Waals surface area contributed by atoms with E-state index in [2.05, 4.69) is 4.74 Å². The second-order valence-corrected chi connectivity index (χ2v) is 2.95. The van der Waals surface area contributed by atoms with Crippen LogP contribution >= 0.6 is 0 Å². The van der Waals surface area contributed by atoms with Crippen molar-refractivity contribution in [3.8, 4) is 0 Å². The molecule has 0 unspecified atom stereocenters. The summed E-state index contributed by atoms with van der Waals surface area (Å²) < 4.78 is 6.14. The first-order chi connectivity index (χ1) is 6.61. The summed E-state index contributed by atoms with van der Waals surface area (Å²) in [5, 5.41) is 9.48. The number of aliphatic hydroxyl groups is 1. The minimum Gasteiger partial charge on any atom is -0.464 e. The number of hydrogen-bond donors (Lipinski definition) is 2. The van der Waals surface area contributed by atoms with E-state index in [4.69, 9.17) is 5.73 Å². The molecule has 0 fully saturated rings. The maximum Gasteiger partial charge on any atom is 0.354 e. The van der Waals surface area contributed by atoms with Crippen molar-refractivity contribution >= 4 is 5.97 Å². The largest absolute Gasteiger partial charge is 0.464 e. The molecule has 1 heterocycles. The monoisotopic (exact) mass is 198 g/mol.